The first-order valence-electron chi connectivity index (χ1n) is 8.94. The van der Waals surface area contributed by atoms with E-state index in [0.29, 0.717) is 6.04 Å². The highest BCUT2D eigenvalue weighted by Crippen LogP contribution is 2.23. The lowest BCUT2D eigenvalue weighted by molar-refractivity contribution is -1.02. The van der Waals surface area contributed by atoms with Gasteiger partial charge in [-0.25, -0.2) is 4.68 Å². The lowest BCUT2D eigenvalue weighted by Crippen LogP contribution is -3.27. The quantitative estimate of drug-likeness (QED) is 0.711. The van der Waals surface area contributed by atoms with Crippen molar-refractivity contribution in [2.75, 3.05) is 33.2 Å². The Balaban J connectivity index is 2.24. The Morgan fingerprint density at radius 2 is 1.86 bits per heavy atom. The molecule has 0 aliphatic carbocycles. The Labute approximate surface area is 134 Å². The normalized spacial score (nSPS) is 24.4. The summed E-state index contributed by atoms with van der Waals surface area (Å²) in [6.07, 6.45) is 4.70. The number of quaternary nitrogens is 2. The molecular formula is C16H34N6+2. The van der Waals surface area contributed by atoms with E-state index in [2.05, 4.69) is 54.9 Å². The molecule has 2 heterocycles. The van der Waals surface area contributed by atoms with Crippen LogP contribution < -0.4 is 9.80 Å². The summed E-state index contributed by atoms with van der Waals surface area (Å²) in [4.78, 5) is 3.31. The summed E-state index contributed by atoms with van der Waals surface area (Å²) in [5, 5.41) is 12.8. The third-order valence-corrected chi connectivity index (χ3v) is 5.33. The second kappa shape index (κ2) is 7.51. The molecule has 0 bridgehead atoms. The second-order valence-corrected chi connectivity index (χ2v) is 7.43. The molecule has 1 saturated heterocycles. The van der Waals surface area contributed by atoms with Crippen LogP contribution >= 0.6 is 0 Å². The van der Waals surface area contributed by atoms with Gasteiger partial charge in [0, 0.05) is 6.42 Å². The first-order chi connectivity index (χ1) is 10.5. The molecule has 2 N–H and O–H groups in total. The minimum absolute atomic E-state index is 0.0133. The number of unbranched alkanes of at least 4 members (excludes halogenated alkanes) is 1. The molecule has 1 fully saturated rings. The maximum absolute atomic E-state index is 4.45. The molecule has 0 unspecified atom stereocenters. The minimum atomic E-state index is -0.0133. The van der Waals surface area contributed by atoms with Crippen molar-refractivity contribution in [1.82, 2.24) is 20.2 Å². The van der Waals surface area contributed by atoms with Crippen LogP contribution in [0.3, 0.4) is 0 Å². The van der Waals surface area contributed by atoms with Crippen molar-refractivity contribution >= 4 is 0 Å². The number of piperazine rings is 1. The van der Waals surface area contributed by atoms with E-state index in [1.54, 1.807) is 9.80 Å². The summed E-state index contributed by atoms with van der Waals surface area (Å²) in [7, 11) is 2.29. The van der Waals surface area contributed by atoms with Gasteiger partial charge in [-0.15, -0.1) is 5.10 Å². The smallest absolute Gasteiger partial charge is 0.209 e. The largest absolute Gasteiger partial charge is 0.328 e. The van der Waals surface area contributed by atoms with Gasteiger partial charge in [0.15, 0.2) is 0 Å². The van der Waals surface area contributed by atoms with Crippen molar-refractivity contribution in [3.05, 3.63) is 5.82 Å². The molecule has 1 aliphatic rings. The van der Waals surface area contributed by atoms with Gasteiger partial charge in [0.1, 0.15) is 32.2 Å². The second-order valence-electron chi connectivity index (χ2n) is 7.43. The van der Waals surface area contributed by atoms with E-state index in [9.17, 15) is 0 Å². The molecule has 6 heteroatoms. The third-order valence-electron chi connectivity index (χ3n) is 5.33. The fourth-order valence-corrected chi connectivity index (χ4v) is 3.26. The van der Waals surface area contributed by atoms with E-state index >= 15 is 0 Å². The molecule has 1 atom stereocenters. The monoisotopic (exact) mass is 310 g/mol. The molecule has 126 valence electrons. The molecular weight excluding hydrogens is 276 g/mol. The van der Waals surface area contributed by atoms with Crippen molar-refractivity contribution in [3.63, 3.8) is 0 Å². The van der Waals surface area contributed by atoms with Crippen molar-refractivity contribution in [2.45, 2.75) is 65.0 Å². The van der Waals surface area contributed by atoms with Crippen LogP contribution in [-0.4, -0.2) is 53.4 Å². The fourth-order valence-electron chi connectivity index (χ4n) is 3.26. The lowest BCUT2D eigenvalue weighted by Gasteiger charge is -2.34. The number of tetrazole rings is 1. The highest BCUT2D eigenvalue weighted by atomic mass is 15.6. The number of aromatic nitrogens is 4. The molecule has 0 radical (unpaired) electrons. The Kier molecular flexibility index (Phi) is 5.92. The van der Waals surface area contributed by atoms with Crippen molar-refractivity contribution in [1.29, 1.82) is 0 Å². The van der Waals surface area contributed by atoms with Gasteiger partial charge in [0.05, 0.1) is 12.6 Å². The predicted molar refractivity (Wildman–Crippen MR) is 87.0 cm³/mol. The number of rotatable bonds is 7. The minimum Gasteiger partial charge on any atom is -0.328 e. The molecule has 0 aromatic carbocycles. The van der Waals surface area contributed by atoms with E-state index < -0.39 is 0 Å². The van der Waals surface area contributed by atoms with E-state index in [0.717, 1.165) is 12.2 Å². The summed E-state index contributed by atoms with van der Waals surface area (Å²) < 4.78 is 2.09. The molecule has 6 nitrogen and oxygen atoms in total. The average Bonchev–Trinajstić information content (AvgIpc) is 2.99. The van der Waals surface area contributed by atoms with Gasteiger partial charge in [-0.2, -0.15) is 0 Å². The van der Waals surface area contributed by atoms with E-state index in [1.165, 1.54) is 45.4 Å². The molecule has 0 saturated carbocycles. The maximum Gasteiger partial charge on any atom is 0.209 e. The fraction of sp³-hybridized carbons (Fsp3) is 0.938. The van der Waals surface area contributed by atoms with Crippen molar-refractivity contribution in [3.8, 4) is 0 Å². The summed E-state index contributed by atoms with van der Waals surface area (Å²) in [6.45, 7) is 13.9. The Hall–Kier alpha value is -1.01. The highest BCUT2D eigenvalue weighted by molar-refractivity contribution is 4.93. The van der Waals surface area contributed by atoms with Gasteiger partial charge in [-0.1, -0.05) is 20.3 Å². The summed E-state index contributed by atoms with van der Waals surface area (Å²) in [6, 6.07) is 0.439. The average molecular weight is 310 g/mol. The van der Waals surface area contributed by atoms with Crippen LogP contribution in [0.4, 0.5) is 0 Å². The molecule has 2 rings (SSSR count). The first-order valence-corrected chi connectivity index (χ1v) is 8.94. The van der Waals surface area contributed by atoms with Crippen LogP contribution in [0.2, 0.25) is 0 Å². The van der Waals surface area contributed by atoms with Crippen LogP contribution in [0.5, 0.6) is 0 Å². The van der Waals surface area contributed by atoms with Crippen molar-refractivity contribution in [2.24, 2.45) is 0 Å². The third kappa shape index (κ3) is 3.84. The maximum atomic E-state index is 4.45. The molecule has 1 aliphatic heterocycles. The number of hydrogen-bond acceptors (Lipinski definition) is 3. The van der Waals surface area contributed by atoms with Crippen LogP contribution in [-0.2, 0) is 5.54 Å². The topological polar surface area (TPSA) is 52.5 Å². The van der Waals surface area contributed by atoms with Gasteiger partial charge >= 0.3 is 0 Å². The predicted octanol–water partition coefficient (Wildman–Crippen LogP) is -0.537. The molecule has 1 aromatic heterocycles. The summed E-state index contributed by atoms with van der Waals surface area (Å²) in [5.41, 5.74) is -0.0133. The first kappa shape index (κ1) is 17.3. The number of hydrogen-bond donors (Lipinski definition) is 2. The van der Waals surface area contributed by atoms with E-state index in [-0.39, 0.29) is 5.54 Å². The van der Waals surface area contributed by atoms with E-state index in [1.807, 2.05) is 0 Å². The van der Waals surface area contributed by atoms with Crippen molar-refractivity contribution < 1.29 is 9.80 Å². The zero-order valence-electron chi connectivity index (χ0n) is 15.0. The number of nitrogens with zero attached hydrogens (tertiary/aromatic N) is 4. The van der Waals surface area contributed by atoms with Gasteiger partial charge < -0.3 is 9.80 Å². The zero-order valence-corrected chi connectivity index (χ0v) is 15.0. The number of nitrogens with one attached hydrogen (secondary N) is 2. The van der Waals surface area contributed by atoms with Crippen LogP contribution in [0.1, 0.15) is 65.2 Å². The molecule has 1 aromatic rings. The van der Waals surface area contributed by atoms with Gasteiger partial charge in [0.25, 0.3) is 0 Å². The standard InChI is InChI=1S/C16H32N6/c1-6-8-9-14(21-12-10-20(5)11-13-21)15-17-18-19-22(15)16(3,4)7-2/h14H,6-13H2,1-5H3/p+2/t14-/m0/s1. The number of likely N-dealkylation sites (N-methyl/N-ethyl adjacent to an activating group) is 1. The van der Waals surface area contributed by atoms with Crippen LogP contribution in [0, 0.1) is 0 Å². The summed E-state index contributed by atoms with van der Waals surface area (Å²) >= 11 is 0. The molecule has 0 amide bonds. The lowest BCUT2D eigenvalue weighted by atomic mass is 10.00. The Bertz CT molecular complexity index is 447. The van der Waals surface area contributed by atoms with E-state index in [4.69, 9.17) is 0 Å². The molecule has 22 heavy (non-hydrogen) atoms. The van der Waals surface area contributed by atoms with Gasteiger partial charge in [-0.3, -0.25) is 0 Å². The SMILES string of the molecule is CCCC[C@@H](c1nnnn1C(C)(C)CC)[NH+]1CC[NH+](C)CC1. The Morgan fingerprint density at radius 3 is 2.45 bits per heavy atom. The van der Waals surface area contributed by atoms with Crippen LogP contribution in [0.15, 0.2) is 0 Å². The van der Waals surface area contributed by atoms with Gasteiger partial charge in [-0.05, 0) is 37.1 Å². The molecule has 0 spiro atoms. The Morgan fingerprint density at radius 1 is 1.18 bits per heavy atom. The highest BCUT2D eigenvalue weighted by Gasteiger charge is 2.35. The zero-order chi connectivity index (χ0) is 16.2. The van der Waals surface area contributed by atoms with Crippen LogP contribution in [0.25, 0.3) is 0 Å². The van der Waals surface area contributed by atoms with Gasteiger partial charge in [0.2, 0.25) is 5.82 Å². The summed E-state index contributed by atoms with van der Waals surface area (Å²) in [5.74, 6) is 1.09.